The predicted molar refractivity (Wildman–Crippen MR) is 66.2 cm³/mol. The molecule has 0 atom stereocenters. The van der Waals surface area contributed by atoms with Gasteiger partial charge in [-0.15, -0.1) is 0 Å². The van der Waals surface area contributed by atoms with Gasteiger partial charge in [0, 0.05) is 9.13 Å². The summed E-state index contributed by atoms with van der Waals surface area (Å²) in [5.74, 6) is 1.30. The normalized spacial score (nSPS) is 11.0. The Morgan fingerprint density at radius 2 is 1.87 bits per heavy atom. The van der Waals surface area contributed by atoms with Crippen molar-refractivity contribution in [3.63, 3.8) is 0 Å². The lowest BCUT2D eigenvalue weighted by atomic mass is 10.2. The van der Waals surface area contributed by atoms with Crippen molar-refractivity contribution < 1.29 is 9.62 Å². The van der Waals surface area contributed by atoms with E-state index in [0.717, 1.165) is 11.3 Å². The highest BCUT2D eigenvalue weighted by molar-refractivity contribution is 14.1. The van der Waals surface area contributed by atoms with Crippen LogP contribution in [0.2, 0.25) is 0 Å². The molecule has 1 aromatic heterocycles. The molecule has 0 aliphatic carbocycles. The third-order valence-electron chi connectivity index (χ3n) is 1.94. The van der Waals surface area contributed by atoms with Gasteiger partial charge >= 0.3 is 0 Å². The third kappa shape index (κ3) is 2.38. The smallest absolute Gasteiger partial charge is 0.149 e. The first-order valence-corrected chi connectivity index (χ1v) is 5.40. The number of rotatable bonds is 2. The van der Waals surface area contributed by atoms with Crippen LogP contribution in [-0.2, 0) is 0 Å². The highest BCUT2D eigenvalue weighted by atomic mass is 127. The van der Waals surface area contributed by atoms with Gasteiger partial charge in [0.15, 0.2) is 0 Å². The third-order valence-corrected chi connectivity index (χ3v) is 2.66. The quantitative estimate of drug-likeness (QED) is 0.400. The SMILES string of the molecule is ON=Cc1ccc(-c2ccc(I)cc2)o1. The maximum absolute atomic E-state index is 8.34. The Bertz CT molecular complexity index is 474. The number of hydrogen-bond donors (Lipinski definition) is 1. The van der Waals surface area contributed by atoms with E-state index in [1.54, 1.807) is 6.07 Å². The average Bonchev–Trinajstić information content (AvgIpc) is 2.68. The zero-order valence-corrected chi connectivity index (χ0v) is 9.88. The van der Waals surface area contributed by atoms with Crippen molar-refractivity contribution in [2.24, 2.45) is 5.16 Å². The van der Waals surface area contributed by atoms with Crippen LogP contribution >= 0.6 is 22.6 Å². The van der Waals surface area contributed by atoms with Gasteiger partial charge in [0.1, 0.15) is 17.7 Å². The fraction of sp³-hybridized carbons (Fsp3) is 0. The summed E-state index contributed by atoms with van der Waals surface area (Å²) in [5.41, 5.74) is 1.01. The lowest BCUT2D eigenvalue weighted by Gasteiger charge is -1.96. The van der Waals surface area contributed by atoms with Crippen LogP contribution in [0.1, 0.15) is 5.76 Å². The molecule has 15 heavy (non-hydrogen) atoms. The maximum atomic E-state index is 8.34. The molecule has 0 amide bonds. The number of benzene rings is 1. The second-order valence-corrected chi connectivity index (χ2v) is 4.20. The monoisotopic (exact) mass is 313 g/mol. The van der Waals surface area contributed by atoms with E-state index in [4.69, 9.17) is 9.62 Å². The minimum atomic E-state index is 0.533. The van der Waals surface area contributed by atoms with Gasteiger partial charge in [-0.2, -0.15) is 0 Å². The Morgan fingerprint density at radius 1 is 1.13 bits per heavy atom. The molecule has 0 aliphatic rings. The molecule has 0 saturated carbocycles. The van der Waals surface area contributed by atoms with E-state index in [1.165, 1.54) is 9.78 Å². The van der Waals surface area contributed by atoms with Crippen molar-refractivity contribution in [3.05, 3.63) is 45.7 Å². The molecule has 4 heteroatoms. The van der Waals surface area contributed by atoms with Gasteiger partial charge in [-0.05, 0) is 46.9 Å². The highest BCUT2D eigenvalue weighted by Crippen LogP contribution is 2.22. The Balaban J connectivity index is 2.33. The van der Waals surface area contributed by atoms with Gasteiger partial charge in [0.05, 0.1) is 0 Å². The topological polar surface area (TPSA) is 45.7 Å². The summed E-state index contributed by atoms with van der Waals surface area (Å²) in [4.78, 5) is 0. The number of nitrogens with zero attached hydrogens (tertiary/aromatic N) is 1. The van der Waals surface area contributed by atoms with Gasteiger partial charge < -0.3 is 9.62 Å². The lowest BCUT2D eigenvalue weighted by molar-refractivity contribution is 0.321. The molecule has 0 fully saturated rings. The first kappa shape index (κ1) is 10.2. The predicted octanol–water partition coefficient (Wildman–Crippen LogP) is 3.36. The summed E-state index contributed by atoms with van der Waals surface area (Å²) in [6, 6.07) is 11.6. The molecule has 3 nitrogen and oxygen atoms in total. The van der Waals surface area contributed by atoms with Gasteiger partial charge in [-0.1, -0.05) is 17.3 Å². The summed E-state index contributed by atoms with van der Waals surface area (Å²) >= 11 is 2.25. The van der Waals surface area contributed by atoms with Gasteiger partial charge in [0.2, 0.25) is 0 Å². The van der Waals surface area contributed by atoms with Crippen molar-refractivity contribution in [2.75, 3.05) is 0 Å². The van der Waals surface area contributed by atoms with Crippen LogP contribution < -0.4 is 0 Å². The van der Waals surface area contributed by atoms with Crippen LogP contribution in [-0.4, -0.2) is 11.4 Å². The molecule has 0 unspecified atom stereocenters. The summed E-state index contributed by atoms with van der Waals surface area (Å²) in [6.45, 7) is 0. The second-order valence-electron chi connectivity index (χ2n) is 2.95. The Kier molecular flexibility index (Phi) is 3.05. The maximum Gasteiger partial charge on any atom is 0.149 e. The molecule has 1 heterocycles. The van der Waals surface area contributed by atoms with Crippen molar-refractivity contribution in [3.8, 4) is 11.3 Å². The molecule has 1 aromatic carbocycles. The average molecular weight is 313 g/mol. The fourth-order valence-corrected chi connectivity index (χ4v) is 1.61. The molecule has 0 aliphatic heterocycles. The first-order chi connectivity index (χ1) is 7.29. The van der Waals surface area contributed by atoms with Crippen LogP contribution in [0.5, 0.6) is 0 Å². The van der Waals surface area contributed by atoms with Crippen LogP contribution in [0.25, 0.3) is 11.3 Å². The summed E-state index contributed by atoms with van der Waals surface area (Å²) < 4.78 is 6.62. The number of oxime groups is 1. The highest BCUT2D eigenvalue weighted by Gasteiger charge is 2.02. The lowest BCUT2D eigenvalue weighted by Crippen LogP contribution is -1.75. The molecule has 0 spiro atoms. The van der Waals surface area contributed by atoms with Crippen LogP contribution in [0.3, 0.4) is 0 Å². The molecular weight excluding hydrogens is 305 g/mol. The summed E-state index contributed by atoms with van der Waals surface area (Å²) in [6.07, 6.45) is 1.26. The van der Waals surface area contributed by atoms with Gasteiger partial charge in [-0.3, -0.25) is 0 Å². The summed E-state index contributed by atoms with van der Waals surface area (Å²) in [7, 11) is 0. The zero-order valence-electron chi connectivity index (χ0n) is 7.72. The second kappa shape index (κ2) is 4.48. The largest absolute Gasteiger partial charge is 0.455 e. The van der Waals surface area contributed by atoms with E-state index < -0.39 is 0 Å². The van der Waals surface area contributed by atoms with Crippen LogP contribution in [0.4, 0.5) is 0 Å². The van der Waals surface area contributed by atoms with Gasteiger partial charge in [0.25, 0.3) is 0 Å². The van der Waals surface area contributed by atoms with Crippen molar-refractivity contribution in [1.82, 2.24) is 0 Å². The molecule has 0 bridgehead atoms. The Hall–Kier alpha value is -1.30. The molecule has 76 valence electrons. The fourth-order valence-electron chi connectivity index (χ4n) is 1.25. The van der Waals surface area contributed by atoms with E-state index in [-0.39, 0.29) is 0 Å². The van der Waals surface area contributed by atoms with E-state index in [9.17, 15) is 0 Å². The van der Waals surface area contributed by atoms with E-state index in [2.05, 4.69) is 27.7 Å². The van der Waals surface area contributed by atoms with E-state index in [1.807, 2.05) is 30.3 Å². The standard InChI is InChI=1S/C11H8INO2/c12-9-3-1-8(2-4-9)11-6-5-10(15-11)7-13-14/h1-7,14H. The van der Waals surface area contributed by atoms with Crippen LogP contribution in [0.15, 0.2) is 46.0 Å². The van der Waals surface area contributed by atoms with Crippen molar-refractivity contribution in [1.29, 1.82) is 0 Å². The molecule has 0 radical (unpaired) electrons. The molecular formula is C11H8INO2. The number of halogens is 1. The van der Waals surface area contributed by atoms with E-state index >= 15 is 0 Å². The minimum absolute atomic E-state index is 0.533. The zero-order chi connectivity index (χ0) is 10.7. The van der Waals surface area contributed by atoms with Crippen molar-refractivity contribution in [2.45, 2.75) is 0 Å². The molecule has 2 aromatic rings. The van der Waals surface area contributed by atoms with Crippen LogP contribution in [0, 0.1) is 3.57 Å². The number of hydrogen-bond acceptors (Lipinski definition) is 3. The Labute approximate surface area is 101 Å². The molecule has 0 saturated heterocycles. The summed E-state index contributed by atoms with van der Waals surface area (Å²) in [5, 5.41) is 11.3. The van der Waals surface area contributed by atoms with Crippen molar-refractivity contribution >= 4 is 28.8 Å². The molecule has 1 N–H and O–H groups in total. The number of furan rings is 1. The Morgan fingerprint density at radius 3 is 2.53 bits per heavy atom. The first-order valence-electron chi connectivity index (χ1n) is 4.33. The minimum Gasteiger partial charge on any atom is -0.455 e. The molecule has 2 rings (SSSR count). The van der Waals surface area contributed by atoms with E-state index in [0.29, 0.717) is 5.76 Å². The van der Waals surface area contributed by atoms with Gasteiger partial charge in [-0.25, -0.2) is 0 Å².